The summed E-state index contributed by atoms with van der Waals surface area (Å²) in [4.78, 5) is 2.63. The number of likely N-dealkylation sites (tertiary alicyclic amines) is 1. The Bertz CT molecular complexity index is 719. The molecule has 27 heavy (non-hydrogen) atoms. The summed E-state index contributed by atoms with van der Waals surface area (Å²) in [5.41, 5.74) is 4.07. The van der Waals surface area contributed by atoms with Gasteiger partial charge in [0.1, 0.15) is 0 Å². The molecule has 1 heterocycles. The van der Waals surface area contributed by atoms with Crippen LogP contribution >= 0.6 is 23.5 Å². The number of halogens is 1. The maximum absolute atomic E-state index is 6.10. The van der Waals surface area contributed by atoms with Crippen LogP contribution in [0.15, 0.2) is 48.5 Å². The largest absolute Gasteiger partial charge is 0.320 e. The molecule has 1 saturated heterocycles. The Hall–Kier alpha value is -1.16. The van der Waals surface area contributed by atoms with Gasteiger partial charge in [0.05, 0.1) is 0 Å². The third-order valence-electron chi connectivity index (χ3n) is 5.83. The molecular formula is C23H31ClN2S. The minimum absolute atomic E-state index is 0.784. The fraction of sp³-hybridized carbons (Fsp3) is 0.478. The molecule has 0 amide bonds. The zero-order chi connectivity index (χ0) is 19.2. The van der Waals surface area contributed by atoms with Crippen LogP contribution in [0.3, 0.4) is 0 Å². The first kappa shape index (κ1) is 20.6. The van der Waals surface area contributed by atoms with Gasteiger partial charge in [-0.25, -0.2) is 0 Å². The number of anilines is 1. The Labute approximate surface area is 174 Å². The maximum atomic E-state index is 6.10. The van der Waals surface area contributed by atoms with Crippen molar-refractivity contribution < 1.29 is 0 Å². The van der Waals surface area contributed by atoms with Crippen molar-refractivity contribution in [3.05, 3.63) is 64.7 Å². The molecule has 0 spiro atoms. The zero-order valence-electron chi connectivity index (χ0n) is 16.7. The van der Waals surface area contributed by atoms with Crippen molar-refractivity contribution in [1.29, 1.82) is 0 Å². The quantitative estimate of drug-likeness (QED) is 0.515. The van der Waals surface area contributed by atoms with Crippen LogP contribution in [0.4, 0.5) is 5.69 Å². The normalized spacial score (nSPS) is 20.1. The monoisotopic (exact) mass is 402 g/mol. The smallest absolute Gasteiger partial charge is 0.0466 e. The highest BCUT2D eigenvalue weighted by Crippen LogP contribution is 2.28. The summed E-state index contributed by atoms with van der Waals surface area (Å²) < 4.78 is 2.20. The standard InChI is InChI=1S/C23H31ClN2S/c1-18-16-26(14-13-20-5-4-6-22(24)15-20)17-21(18)10-7-19-8-11-23(12-9-19)25(2)27-3/h4-6,8-9,11-12,15,18,21H,7,10,13-14,16-17H2,1-3H3/t18?,21-/m0/s1. The Morgan fingerprint density at radius 3 is 2.56 bits per heavy atom. The Morgan fingerprint density at radius 2 is 1.85 bits per heavy atom. The van der Waals surface area contributed by atoms with E-state index in [0.29, 0.717) is 0 Å². The number of benzene rings is 2. The SMILES string of the molecule is CSN(C)c1ccc(CC[C@H]2CN(CCc3cccc(Cl)c3)CC2C)cc1. The first-order valence-corrected chi connectivity index (χ1v) is 11.4. The van der Waals surface area contributed by atoms with Gasteiger partial charge in [0.15, 0.2) is 0 Å². The van der Waals surface area contributed by atoms with Crippen LogP contribution in [0.25, 0.3) is 0 Å². The predicted octanol–water partition coefficient (Wildman–Crippen LogP) is 5.80. The van der Waals surface area contributed by atoms with Crippen molar-refractivity contribution >= 4 is 29.2 Å². The molecule has 0 saturated carbocycles. The van der Waals surface area contributed by atoms with Gasteiger partial charge in [-0.2, -0.15) is 0 Å². The number of aryl methyl sites for hydroxylation is 1. The Kier molecular flexibility index (Phi) is 7.51. The van der Waals surface area contributed by atoms with Crippen molar-refractivity contribution in [3.8, 4) is 0 Å². The second-order valence-electron chi connectivity index (χ2n) is 7.76. The van der Waals surface area contributed by atoms with Gasteiger partial charge in [-0.1, -0.05) is 54.7 Å². The predicted molar refractivity (Wildman–Crippen MR) is 121 cm³/mol. The van der Waals surface area contributed by atoms with E-state index in [-0.39, 0.29) is 0 Å². The highest BCUT2D eigenvalue weighted by Gasteiger charge is 2.28. The lowest BCUT2D eigenvalue weighted by Crippen LogP contribution is -2.23. The molecule has 2 nitrogen and oxygen atoms in total. The molecule has 1 aliphatic heterocycles. The van der Waals surface area contributed by atoms with E-state index in [4.69, 9.17) is 11.6 Å². The summed E-state index contributed by atoms with van der Waals surface area (Å²) >= 11 is 7.85. The van der Waals surface area contributed by atoms with Crippen LogP contribution < -0.4 is 4.31 Å². The van der Waals surface area contributed by atoms with E-state index in [9.17, 15) is 0 Å². The first-order chi connectivity index (χ1) is 13.0. The molecule has 0 aliphatic carbocycles. The zero-order valence-corrected chi connectivity index (χ0v) is 18.3. The fourth-order valence-electron chi connectivity index (χ4n) is 4.01. The van der Waals surface area contributed by atoms with E-state index in [1.165, 1.54) is 42.7 Å². The van der Waals surface area contributed by atoms with E-state index >= 15 is 0 Å². The summed E-state index contributed by atoms with van der Waals surface area (Å²) in [7, 11) is 2.11. The minimum Gasteiger partial charge on any atom is -0.320 e. The molecule has 2 aromatic rings. The Balaban J connectivity index is 1.45. The highest BCUT2D eigenvalue weighted by atomic mass is 35.5. The van der Waals surface area contributed by atoms with Gasteiger partial charge < -0.3 is 9.21 Å². The van der Waals surface area contributed by atoms with Gasteiger partial charge in [-0.3, -0.25) is 0 Å². The molecule has 1 unspecified atom stereocenters. The molecule has 2 atom stereocenters. The van der Waals surface area contributed by atoms with Gasteiger partial charge in [-0.05, 0) is 66.5 Å². The second kappa shape index (κ2) is 9.86. The average Bonchev–Trinajstić information content (AvgIpc) is 3.04. The third kappa shape index (κ3) is 5.91. The summed E-state index contributed by atoms with van der Waals surface area (Å²) in [6.07, 6.45) is 5.66. The lowest BCUT2D eigenvalue weighted by molar-refractivity contribution is 0.324. The van der Waals surface area contributed by atoms with Crippen LogP contribution in [-0.2, 0) is 12.8 Å². The lowest BCUT2D eigenvalue weighted by atomic mass is 9.91. The van der Waals surface area contributed by atoms with Crippen LogP contribution in [0.5, 0.6) is 0 Å². The van der Waals surface area contributed by atoms with Crippen molar-refractivity contribution in [2.24, 2.45) is 11.8 Å². The third-order valence-corrected chi connectivity index (χ3v) is 6.82. The molecule has 0 radical (unpaired) electrons. The lowest BCUT2D eigenvalue weighted by Gasteiger charge is -2.17. The van der Waals surface area contributed by atoms with Crippen molar-refractivity contribution in [1.82, 2.24) is 4.90 Å². The van der Waals surface area contributed by atoms with E-state index < -0.39 is 0 Å². The highest BCUT2D eigenvalue weighted by molar-refractivity contribution is 7.99. The molecule has 1 fully saturated rings. The van der Waals surface area contributed by atoms with Gasteiger partial charge >= 0.3 is 0 Å². The van der Waals surface area contributed by atoms with Gasteiger partial charge in [0.2, 0.25) is 0 Å². The maximum Gasteiger partial charge on any atom is 0.0466 e. The number of hydrogen-bond acceptors (Lipinski definition) is 3. The number of rotatable bonds is 8. The Morgan fingerprint density at radius 1 is 1.07 bits per heavy atom. The topological polar surface area (TPSA) is 6.48 Å². The van der Waals surface area contributed by atoms with Crippen molar-refractivity contribution in [3.63, 3.8) is 0 Å². The van der Waals surface area contributed by atoms with Gasteiger partial charge in [-0.15, -0.1) is 0 Å². The van der Waals surface area contributed by atoms with Crippen LogP contribution in [-0.4, -0.2) is 37.8 Å². The number of hydrogen-bond donors (Lipinski definition) is 0. The molecular weight excluding hydrogens is 372 g/mol. The second-order valence-corrected chi connectivity index (χ2v) is 9.11. The average molecular weight is 403 g/mol. The van der Waals surface area contributed by atoms with Crippen LogP contribution in [0.1, 0.15) is 24.5 Å². The summed E-state index contributed by atoms with van der Waals surface area (Å²) in [6, 6.07) is 17.3. The van der Waals surface area contributed by atoms with Gasteiger partial charge in [0, 0.05) is 43.6 Å². The molecule has 4 heteroatoms. The molecule has 1 aliphatic rings. The summed E-state index contributed by atoms with van der Waals surface area (Å²) in [5, 5.41) is 0.843. The van der Waals surface area contributed by atoms with Crippen LogP contribution in [0, 0.1) is 11.8 Å². The molecule has 0 bridgehead atoms. The molecule has 146 valence electrons. The van der Waals surface area contributed by atoms with E-state index in [0.717, 1.165) is 29.8 Å². The van der Waals surface area contributed by atoms with Gasteiger partial charge in [0.25, 0.3) is 0 Å². The number of nitrogens with zero attached hydrogens (tertiary/aromatic N) is 2. The summed E-state index contributed by atoms with van der Waals surface area (Å²) in [6.45, 7) is 6.01. The first-order valence-electron chi connectivity index (χ1n) is 9.88. The molecule has 3 rings (SSSR count). The summed E-state index contributed by atoms with van der Waals surface area (Å²) in [5.74, 6) is 1.59. The van der Waals surface area contributed by atoms with Crippen LogP contribution in [0.2, 0.25) is 5.02 Å². The minimum atomic E-state index is 0.784. The molecule has 0 aromatic heterocycles. The van der Waals surface area contributed by atoms with E-state index in [1.807, 2.05) is 6.07 Å². The van der Waals surface area contributed by atoms with Crippen molar-refractivity contribution in [2.75, 3.05) is 37.2 Å². The van der Waals surface area contributed by atoms with E-state index in [1.54, 1.807) is 11.9 Å². The molecule has 0 N–H and O–H groups in total. The molecule has 2 aromatic carbocycles. The fourth-order valence-corrected chi connectivity index (χ4v) is 4.56. The van der Waals surface area contributed by atoms with E-state index in [2.05, 4.69) is 71.9 Å². The van der Waals surface area contributed by atoms with Crippen molar-refractivity contribution in [2.45, 2.75) is 26.2 Å².